The smallest absolute Gasteiger partial charge is 0.257 e. The molecule has 1 aromatic rings. The number of imidazole rings is 1. The van der Waals surface area contributed by atoms with E-state index in [1.807, 2.05) is 17.7 Å². The Kier molecular flexibility index (Phi) is 4.82. The molecule has 0 bridgehead atoms. The van der Waals surface area contributed by atoms with E-state index < -0.39 is 10.0 Å². The molecular weight excluding hydrogens is 246 g/mol. The number of nitrogens with two attached hydrogens (primary N) is 1. The van der Waals surface area contributed by atoms with Crippen molar-refractivity contribution in [2.45, 2.75) is 31.3 Å². The van der Waals surface area contributed by atoms with E-state index in [2.05, 4.69) is 4.98 Å². The number of aryl methyl sites for hydroxylation is 2. The molecule has 0 aliphatic carbocycles. The molecule has 1 aromatic heterocycles. The van der Waals surface area contributed by atoms with Crippen LogP contribution in [0.4, 0.5) is 0 Å². The van der Waals surface area contributed by atoms with Crippen LogP contribution in [0.3, 0.4) is 0 Å². The summed E-state index contributed by atoms with van der Waals surface area (Å²) in [6.45, 7) is 2.79. The zero-order chi connectivity index (χ0) is 12.2. The van der Waals surface area contributed by atoms with E-state index in [0.29, 0.717) is 0 Å². The van der Waals surface area contributed by atoms with Gasteiger partial charge in [0, 0.05) is 24.9 Å². The number of rotatable bonds is 6. The van der Waals surface area contributed by atoms with Crippen LogP contribution in [0.2, 0.25) is 0 Å². The van der Waals surface area contributed by atoms with E-state index in [-0.39, 0.29) is 5.03 Å². The number of nitrogens with zero attached hydrogens (tertiary/aromatic N) is 2. The van der Waals surface area contributed by atoms with Gasteiger partial charge in [0.1, 0.15) is 5.82 Å². The molecule has 0 atom stereocenters. The first-order chi connectivity index (χ1) is 7.49. The maximum Gasteiger partial charge on any atom is 0.257 e. The lowest BCUT2D eigenvalue weighted by atomic mass is 10.3. The van der Waals surface area contributed by atoms with Crippen molar-refractivity contribution in [3.05, 3.63) is 12.0 Å². The second-order valence-corrected chi connectivity index (χ2v) is 5.97. The zero-order valence-electron chi connectivity index (χ0n) is 9.51. The highest BCUT2D eigenvalue weighted by molar-refractivity contribution is 7.98. The summed E-state index contributed by atoms with van der Waals surface area (Å²) in [6, 6.07) is 0. The van der Waals surface area contributed by atoms with Gasteiger partial charge in [0.05, 0.1) is 0 Å². The number of primary sulfonamides is 1. The molecule has 5 nitrogen and oxygen atoms in total. The summed E-state index contributed by atoms with van der Waals surface area (Å²) in [6.07, 6.45) is 5.23. The molecule has 0 aliphatic rings. The van der Waals surface area contributed by atoms with Gasteiger partial charge in [0.15, 0.2) is 5.03 Å². The van der Waals surface area contributed by atoms with Crippen LogP contribution in [0, 0.1) is 0 Å². The Balaban J connectivity index is 3.00. The quantitative estimate of drug-likeness (QED) is 0.825. The lowest BCUT2D eigenvalue weighted by Gasteiger charge is -2.04. The Morgan fingerprint density at radius 1 is 1.56 bits per heavy atom. The minimum absolute atomic E-state index is 0.0305. The monoisotopic (exact) mass is 263 g/mol. The molecule has 92 valence electrons. The maximum atomic E-state index is 11.2. The molecular formula is C9H17N3O2S2. The Hall–Kier alpha value is -0.530. The lowest BCUT2D eigenvalue weighted by molar-refractivity contribution is 0.594. The molecule has 16 heavy (non-hydrogen) atoms. The number of thioether (sulfide) groups is 1. The van der Waals surface area contributed by atoms with Crippen molar-refractivity contribution in [2.75, 3.05) is 12.0 Å². The summed E-state index contributed by atoms with van der Waals surface area (Å²) in [4.78, 5) is 4.06. The van der Waals surface area contributed by atoms with E-state index in [1.54, 1.807) is 11.8 Å². The predicted octanol–water partition coefficient (Wildman–Crippen LogP) is 0.846. The van der Waals surface area contributed by atoms with E-state index in [4.69, 9.17) is 5.14 Å². The molecule has 1 heterocycles. The fourth-order valence-electron chi connectivity index (χ4n) is 1.37. The van der Waals surface area contributed by atoms with Crippen molar-refractivity contribution < 1.29 is 8.42 Å². The minimum atomic E-state index is -3.69. The van der Waals surface area contributed by atoms with Gasteiger partial charge < -0.3 is 4.57 Å². The molecule has 0 saturated heterocycles. The fraction of sp³-hybridized carbons (Fsp3) is 0.667. The predicted molar refractivity (Wildman–Crippen MR) is 66.0 cm³/mol. The van der Waals surface area contributed by atoms with Crippen molar-refractivity contribution in [1.29, 1.82) is 0 Å². The average Bonchev–Trinajstić information content (AvgIpc) is 2.58. The molecule has 0 aliphatic heterocycles. The van der Waals surface area contributed by atoms with E-state index in [1.165, 1.54) is 6.20 Å². The first-order valence-electron chi connectivity index (χ1n) is 5.06. The topological polar surface area (TPSA) is 78.0 Å². The van der Waals surface area contributed by atoms with Gasteiger partial charge >= 0.3 is 0 Å². The van der Waals surface area contributed by atoms with Crippen molar-refractivity contribution in [2.24, 2.45) is 5.14 Å². The normalized spacial score (nSPS) is 11.9. The van der Waals surface area contributed by atoms with E-state index >= 15 is 0 Å². The Bertz CT molecular complexity index is 440. The molecule has 0 amide bonds. The first-order valence-corrected chi connectivity index (χ1v) is 8.00. The summed E-state index contributed by atoms with van der Waals surface area (Å²) < 4.78 is 24.2. The SMILES string of the molecule is CCCc1nc(S(N)(=O)=O)cn1CCSC. The van der Waals surface area contributed by atoms with Crippen LogP contribution in [0.5, 0.6) is 0 Å². The standard InChI is InChI=1S/C9H17N3O2S2/c1-3-4-8-11-9(16(10,13)14)7-12(8)5-6-15-2/h7H,3-6H2,1-2H3,(H2,10,13,14). The van der Waals surface area contributed by atoms with Crippen molar-refractivity contribution in [3.8, 4) is 0 Å². The molecule has 2 N–H and O–H groups in total. The van der Waals surface area contributed by atoms with E-state index in [9.17, 15) is 8.42 Å². The van der Waals surface area contributed by atoms with Gasteiger partial charge in [-0.3, -0.25) is 0 Å². The second kappa shape index (κ2) is 5.70. The summed E-state index contributed by atoms with van der Waals surface area (Å²) in [5.74, 6) is 1.72. The first kappa shape index (κ1) is 13.5. The fourth-order valence-corrected chi connectivity index (χ4v) is 2.26. The summed E-state index contributed by atoms with van der Waals surface area (Å²) in [5.41, 5.74) is 0. The molecule has 1 rings (SSSR count). The third kappa shape index (κ3) is 3.50. The lowest BCUT2D eigenvalue weighted by Crippen LogP contribution is -2.12. The molecule has 0 fully saturated rings. The van der Waals surface area contributed by atoms with Crippen LogP contribution in [0.1, 0.15) is 19.2 Å². The summed E-state index contributed by atoms with van der Waals surface area (Å²) in [7, 11) is -3.69. The Labute approximate surface area is 100 Å². The molecule has 0 radical (unpaired) electrons. The zero-order valence-corrected chi connectivity index (χ0v) is 11.1. The van der Waals surface area contributed by atoms with Crippen LogP contribution in [-0.4, -0.2) is 30.0 Å². The highest BCUT2D eigenvalue weighted by Crippen LogP contribution is 2.10. The van der Waals surface area contributed by atoms with Crippen LogP contribution < -0.4 is 5.14 Å². The molecule has 0 aromatic carbocycles. The summed E-state index contributed by atoms with van der Waals surface area (Å²) in [5, 5.41) is 5.02. The van der Waals surface area contributed by atoms with Gasteiger partial charge in [0.25, 0.3) is 10.0 Å². The van der Waals surface area contributed by atoms with Gasteiger partial charge in [-0.15, -0.1) is 0 Å². The van der Waals surface area contributed by atoms with E-state index in [0.717, 1.165) is 31.0 Å². The number of hydrogen-bond acceptors (Lipinski definition) is 4. The number of hydrogen-bond donors (Lipinski definition) is 1. The van der Waals surface area contributed by atoms with Gasteiger partial charge in [-0.1, -0.05) is 6.92 Å². The van der Waals surface area contributed by atoms with Crippen molar-refractivity contribution in [3.63, 3.8) is 0 Å². The van der Waals surface area contributed by atoms with Crippen molar-refractivity contribution >= 4 is 21.8 Å². The average molecular weight is 263 g/mol. The molecule has 0 saturated carbocycles. The summed E-state index contributed by atoms with van der Waals surface area (Å²) >= 11 is 1.71. The Morgan fingerprint density at radius 2 is 2.25 bits per heavy atom. The third-order valence-electron chi connectivity index (χ3n) is 2.14. The second-order valence-electron chi connectivity index (χ2n) is 3.48. The largest absolute Gasteiger partial charge is 0.333 e. The Morgan fingerprint density at radius 3 is 2.75 bits per heavy atom. The van der Waals surface area contributed by atoms with Crippen LogP contribution >= 0.6 is 11.8 Å². The van der Waals surface area contributed by atoms with Crippen LogP contribution in [-0.2, 0) is 23.0 Å². The van der Waals surface area contributed by atoms with Crippen LogP contribution in [0.15, 0.2) is 11.2 Å². The maximum absolute atomic E-state index is 11.2. The van der Waals surface area contributed by atoms with Gasteiger partial charge in [0.2, 0.25) is 0 Å². The van der Waals surface area contributed by atoms with Gasteiger partial charge in [-0.25, -0.2) is 18.5 Å². The highest BCUT2D eigenvalue weighted by atomic mass is 32.2. The van der Waals surface area contributed by atoms with Crippen LogP contribution in [0.25, 0.3) is 0 Å². The number of aromatic nitrogens is 2. The third-order valence-corrected chi connectivity index (χ3v) is 3.51. The molecule has 0 spiro atoms. The number of sulfonamides is 1. The van der Waals surface area contributed by atoms with Crippen molar-refractivity contribution in [1.82, 2.24) is 9.55 Å². The molecule has 0 unspecified atom stereocenters. The van der Waals surface area contributed by atoms with Gasteiger partial charge in [-0.2, -0.15) is 11.8 Å². The minimum Gasteiger partial charge on any atom is -0.333 e. The molecule has 7 heteroatoms. The highest BCUT2D eigenvalue weighted by Gasteiger charge is 2.15. The van der Waals surface area contributed by atoms with Gasteiger partial charge in [-0.05, 0) is 12.7 Å².